The van der Waals surface area contributed by atoms with E-state index in [4.69, 9.17) is 11.5 Å². The van der Waals surface area contributed by atoms with Crippen molar-refractivity contribution in [2.75, 3.05) is 12.3 Å². The number of nitrogens with two attached hydrogens (primary N) is 2. The normalized spacial score (nSPS) is 10.3. The van der Waals surface area contributed by atoms with Crippen molar-refractivity contribution >= 4 is 5.69 Å². The minimum absolute atomic E-state index is 0.642. The number of rotatable bonds is 3. The second-order valence-corrected chi connectivity index (χ2v) is 3.82. The van der Waals surface area contributed by atoms with Crippen LogP contribution in [0.25, 0.3) is 11.1 Å². The van der Waals surface area contributed by atoms with Crippen LogP contribution < -0.4 is 11.5 Å². The highest BCUT2D eigenvalue weighted by atomic mass is 14.5. The summed E-state index contributed by atoms with van der Waals surface area (Å²) in [5, 5.41) is 0. The molecule has 0 aliphatic heterocycles. The van der Waals surface area contributed by atoms with Gasteiger partial charge in [0, 0.05) is 5.69 Å². The minimum atomic E-state index is 0.642. The fraction of sp³-hybridized carbons (Fsp3) is 0.143. The number of nitrogen functional groups attached to an aromatic ring is 1. The molecule has 82 valence electrons. The van der Waals surface area contributed by atoms with E-state index in [0.29, 0.717) is 6.54 Å². The first-order valence-corrected chi connectivity index (χ1v) is 5.45. The average Bonchev–Trinajstić information content (AvgIpc) is 2.31. The molecule has 0 heterocycles. The SMILES string of the molecule is NCCc1cc(N)ccc1-c1ccccc1. The smallest absolute Gasteiger partial charge is 0.0317 e. The summed E-state index contributed by atoms with van der Waals surface area (Å²) in [5.41, 5.74) is 15.9. The van der Waals surface area contributed by atoms with E-state index in [0.717, 1.165) is 12.1 Å². The van der Waals surface area contributed by atoms with Gasteiger partial charge < -0.3 is 11.5 Å². The summed E-state index contributed by atoms with van der Waals surface area (Å²) < 4.78 is 0. The van der Waals surface area contributed by atoms with Crippen LogP contribution in [0, 0.1) is 0 Å². The zero-order chi connectivity index (χ0) is 11.4. The zero-order valence-electron chi connectivity index (χ0n) is 9.19. The van der Waals surface area contributed by atoms with Crippen molar-refractivity contribution < 1.29 is 0 Å². The van der Waals surface area contributed by atoms with E-state index >= 15 is 0 Å². The first-order valence-electron chi connectivity index (χ1n) is 5.45. The van der Waals surface area contributed by atoms with Crippen molar-refractivity contribution in [3.63, 3.8) is 0 Å². The molecule has 0 aromatic heterocycles. The van der Waals surface area contributed by atoms with Crippen LogP contribution in [0.4, 0.5) is 5.69 Å². The van der Waals surface area contributed by atoms with Crippen LogP contribution in [0.15, 0.2) is 48.5 Å². The summed E-state index contributed by atoms with van der Waals surface area (Å²) in [6, 6.07) is 16.3. The molecule has 2 aromatic carbocycles. The molecule has 0 spiro atoms. The first-order chi connectivity index (χ1) is 7.81. The molecule has 2 heteroatoms. The monoisotopic (exact) mass is 212 g/mol. The standard InChI is InChI=1S/C14H16N2/c15-9-8-12-10-13(16)6-7-14(12)11-4-2-1-3-5-11/h1-7,10H,8-9,15-16H2. The summed E-state index contributed by atoms with van der Waals surface area (Å²) in [4.78, 5) is 0. The zero-order valence-corrected chi connectivity index (χ0v) is 9.19. The lowest BCUT2D eigenvalue weighted by Gasteiger charge is -2.09. The third-order valence-electron chi connectivity index (χ3n) is 2.63. The lowest BCUT2D eigenvalue weighted by Crippen LogP contribution is -2.04. The molecule has 0 aliphatic carbocycles. The van der Waals surface area contributed by atoms with Gasteiger partial charge in [-0.1, -0.05) is 36.4 Å². The molecular formula is C14H16N2. The summed E-state index contributed by atoms with van der Waals surface area (Å²) in [5.74, 6) is 0. The minimum Gasteiger partial charge on any atom is -0.399 e. The number of anilines is 1. The molecule has 0 saturated heterocycles. The highest BCUT2D eigenvalue weighted by molar-refractivity contribution is 5.69. The lowest BCUT2D eigenvalue weighted by molar-refractivity contribution is 0.971. The van der Waals surface area contributed by atoms with Gasteiger partial charge in [-0.15, -0.1) is 0 Å². The highest BCUT2D eigenvalue weighted by Crippen LogP contribution is 2.25. The molecule has 2 rings (SSSR count). The fourth-order valence-electron chi connectivity index (χ4n) is 1.88. The lowest BCUT2D eigenvalue weighted by atomic mass is 9.97. The molecule has 0 aliphatic rings. The number of benzene rings is 2. The summed E-state index contributed by atoms with van der Waals surface area (Å²) >= 11 is 0. The number of hydrogen-bond donors (Lipinski definition) is 2. The Morgan fingerprint density at radius 1 is 0.938 bits per heavy atom. The average molecular weight is 212 g/mol. The molecule has 0 unspecified atom stereocenters. The molecule has 16 heavy (non-hydrogen) atoms. The van der Waals surface area contributed by atoms with E-state index in [-0.39, 0.29) is 0 Å². The maximum atomic E-state index is 5.80. The molecule has 0 fully saturated rings. The Kier molecular flexibility index (Phi) is 3.22. The van der Waals surface area contributed by atoms with Gasteiger partial charge in [0.1, 0.15) is 0 Å². The van der Waals surface area contributed by atoms with E-state index in [1.54, 1.807) is 0 Å². The Hall–Kier alpha value is -1.80. The third-order valence-corrected chi connectivity index (χ3v) is 2.63. The predicted octanol–water partition coefficient (Wildman–Crippen LogP) is 2.44. The van der Waals surface area contributed by atoms with Gasteiger partial charge in [-0.25, -0.2) is 0 Å². The molecular weight excluding hydrogens is 196 g/mol. The van der Waals surface area contributed by atoms with Crippen LogP contribution in [0.2, 0.25) is 0 Å². The van der Waals surface area contributed by atoms with Crippen molar-refractivity contribution in [1.29, 1.82) is 0 Å². The molecule has 2 nitrogen and oxygen atoms in total. The van der Waals surface area contributed by atoms with Crippen LogP contribution >= 0.6 is 0 Å². The van der Waals surface area contributed by atoms with Crippen molar-refractivity contribution in [2.24, 2.45) is 5.73 Å². The van der Waals surface area contributed by atoms with Gasteiger partial charge in [0.25, 0.3) is 0 Å². The molecule has 0 radical (unpaired) electrons. The Labute approximate surface area is 95.9 Å². The van der Waals surface area contributed by atoms with E-state index in [1.165, 1.54) is 16.7 Å². The van der Waals surface area contributed by atoms with Gasteiger partial charge in [0.05, 0.1) is 0 Å². The Bertz CT molecular complexity index is 463. The first kappa shape index (κ1) is 10.7. The van der Waals surface area contributed by atoms with E-state index in [9.17, 15) is 0 Å². The molecule has 2 aromatic rings. The van der Waals surface area contributed by atoms with Crippen LogP contribution in [0.5, 0.6) is 0 Å². The summed E-state index contributed by atoms with van der Waals surface area (Å²) in [6.07, 6.45) is 0.856. The molecule has 0 saturated carbocycles. The number of hydrogen-bond acceptors (Lipinski definition) is 2. The molecule has 0 bridgehead atoms. The van der Waals surface area contributed by atoms with Crippen LogP contribution in [-0.4, -0.2) is 6.54 Å². The molecule has 0 atom stereocenters. The van der Waals surface area contributed by atoms with Crippen molar-refractivity contribution in [3.05, 3.63) is 54.1 Å². The van der Waals surface area contributed by atoms with Crippen LogP contribution in [0.3, 0.4) is 0 Å². The second kappa shape index (κ2) is 4.81. The summed E-state index contributed by atoms with van der Waals surface area (Å²) in [6.45, 7) is 0.642. The molecule has 4 N–H and O–H groups in total. The topological polar surface area (TPSA) is 52.0 Å². The van der Waals surface area contributed by atoms with Crippen molar-refractivity contribution in [1.82, 2.24) is 0 Å². The van der Waals surface area contributed by atoms with Gasteiger partial charge in [0.2, 0.25) is 0 Å². The van der Waals surface area contributed by atoms with E-state index < -0.39 is 0 Å². The third kappa shape index (κ3) is 2.23. The van der Waals surface area contributed by atoms with Gasteiger partial charge in [-0.3, -0.25) is 0 Å². The van der Waals surface area contributed by atoms with E-state index in [1.807, 2.05) is 30.3 Å². The molecule has 0 amide bonds. The quantitative estimate of drug-likeness (QED) is 0.768. The summed E-state index contributed by atoms with van der Waals surface area (Å²) in [7, 11) is 0. The fourth-order valence-corrected chi connectivity index (χ4v) is 1.88. The second-order valence-electron chi connectivity index (χ2n) is 3.82. The van der Waals surface area contributed by atoms with Gasteiger partial charge in [-0.2, -0.15) is 0 Å². The van der Waals surface area contributed by atoms with Crippen molar-refractivity contribution in [3.8, 4) is 11.1 Å². The van der Waals surface area contributed by atoms with Crippen LogP contribution in [0.1, 0.15) is 5.56 Å². The Morgan fingerprint density at radius 2 is 1.69 bits per heavy atom. The van der Waals surface area contributed by atoms with Gasteiger partial charge in [-0.05, 0) is 41.8 Å². The maximum Gasteiger partial charge on any atom is 0.0317 e. The highest BCUT2D eigenvalue weighted by Gasteiger charge is 2.04. The predicted molar refractivity (Wildman–Crippen MR) is 69.0 cm³/mol. The van der Waals surface area contributed by atoms with Gasteiger partial charge >= 0.3 is 0 Å². The van der Waals surface area contributed by atoms with E-state index in [2.05, 4.69) is 18.2 Å². The Balaban J connectivity index is 2.48. The van der Waals surface area contributed by atoms with Crippen LogP contribution in [-0.2, 0) is 6.42 Å². The maximum absolute atomic E-state index is 5.80. The largest absolute Gasteiger partial charge is 0.399 e. The van der Waals surface area contributed by atoms with Gasteiger partial charge in [0.15, 0.2) is 0 Å². The Morgan fingerprint density at radius 3 is 2.38 bits per heavy atom. The van der Waals surface area contributed by atoms with Crippen molar-refractivity contribution in [2.45, 2.75) is 6.42 Å².